The van der Waals surface area contributed by atoms with Crippen LogP contribution in [0.5, 0.6) is 0 Å². The Bertz CT molecular complexity index is 1030. The van der Waals surface area contributed by atoms with Crippen LogP contribution in [0.1, 0.15) is 24.8 Å². The van der Waals surface area contributed by atoms with Crippen LogP contribution >= 0.6 is 23.2 Å². The first kappa shape index (κ1) is 22.0. The number of carbonyl (C=O) groups excluding carboxylic acids is 1. The van der Waals surface area contributed by atoms with E-state index in [4.69, 9.17) is 23.2 Å². The predicted octanol–water partition coefficient (Wildman–Crippen LogP) is 5.94. The fraction of sp³-hybridized carbons (Fsp3) is 0.375. The van der Waals surface area contributed by atoms with Gasteiger partial charge in [0.1, 0.15) is 0 Å². The van der Waals surface area contributed by atoms with Crippen LogP contribution in [0.3, 0.4) is 0 Å². The first-order chi connectivity index (χ1) is 15.1. The molecule has 0 saturated carbocycles. The minimum absolute atomic E-state index is 0.213. The fourth-order valence-corrected chi connectivity index (χ4v) is 4.55. The van der Waals surface area contributed by atoms with Gasteiger partial charge in [-0.05, 0) is 74.5 Å². The van der Waals surface area contributed by atoms with Crippen LogP contribution in [0.2, 0.25) is 10.0 Å². The van der Waals surface area contributed by atoms with Crippen molar-refractivity contribution in [2.45, 2.75) is 25.7 Å². The van der Waals surface area contributed by atoms with Gasteiger partial charge in [0.2, 0.25) is 0 Å². The lowest BCUT2D eigenvalue weighted by Gasteiger charge is -2.32. The number of nitrogens with one attached hydrogen (secondary N) is 3. The number of H-pyrrole nitrogens is 1. The minimum Gasteiger partial charge on any atom is -0.361 e. The molecule has 0 unspecified atom stereocenters. The maximum absolute atomic E-state index is 12.1. The van der Waals surface area contributed by atoms with Crippen molar-refractivity contribution in [2.24, 2.45) is 5.92 Å². The van der Waals surface area contributed by atoms with E-state index in [2.05, 4.69) is 51.0 Å². The zero-order valence-electron chi connectivity index (χ0n) is 17.5. The van der Waals surface area contributed by atoms with Crippen molar-refractivity contribution in [3.8, 4) is 0 Å². The quantitative estimate of drug-likeness (QED) is 0.410. The van der Waals surface area contributed by atoms with Gasteiger partial charge in [-0.15, -0.1) is 0 Å². The van der Waals surface area contributed by atoms with Crippen molar-refractivity contribution in [2.75, 3.05) is 31.5 Å². The second-order valence-electron chi connectivity index (χ2n) is 8.19. The van der Waals surface area contributed by atoms with Crippen molar-refractivity contribution in [3.63, 3.8) is 0 Å². The van der Waals surface area contributed by atoms with Gasteiger partial charge in [-0.25, -0.2) is 4.79 Å². The van der Waals surface area contributed by atoms with Crippen molar-refractivity contribution >= 4 is 45.8 Å². The summed E-state index contributed by atoms with van der Waals surface area (Å²) in [6.07, 6.45) is 6.59. The highest BCUT2D eigenvalue weighted by atomic mass is 35.5. The highest BCUT2D eigenvalue weighted by Crippen LogP contribution is 2.25. The number of halogens is 2. The summed E-state index contributed by atoms with van der Waals surface area (Å²) in [4.78, 5) is 18.0. The molecular formula is C24H28Cl2N4O. The summed E-state index contributed by atoms with van der Waals surface area (Å²) < 4.78 is 0. The molecule has 7 heteroatoms. The second-order valence-corrected chi connectivity index (χ2v) is 9.01. The predicted molar refractivity (Wildman–Crippen MR) is 129 cm³/mol. The number of aromatic nitrogens is 1. The summed E-state index contributed by atoms with van der Waals surface area (Å²) in [5, 5.41) is 7.97. The fourth-order valence-electron chi connectivity index (χ4n) is 4.25. The summed E-state index contributed by atoms with van der Waals surface area (Å²) >= 11 is 11.9. The zero-order valence-corrected chi connectivity index (χ0v) is 19.0. The third kappa shape index (κ3) is 5.94. The second kappa shape index (κ2) is 10.4. The molecule has 1 saturated heterocycles. The summed E-state index contributed by atoms with van der Waals surface area (Å²) in [6.45, 7) is 4.02. The summed E-state index contributed by atoms with van der Waals surface area (Å²) in [5.41, 5.74) is 3.25. The first-order valence-electron chi connectivity index (χ1n) is 10.9. The highest BCUT2D eigenvalue weighted by molar-refractivity contribution is 6.42. The molecule has 1 aromatic heterocycles. The van der Waals surface area contributed by atoms with Crippen molar-refractivity contribution in [1.82, 2.24) is 15.2 Å². The third-order valence-corrected chi connectivity index (χ3v) is 6.83. The monoisotopic (exact) mass is 458 g/mol. The van der Waals surface area contributed by atoms with Gasteiger partial charge in [0, 0.05) is 35.9 Å². The van der Waals surface area contributed by atoms with E-state index >= 15 is 0 Å². The molecule has 2 heterocycles. The number of hydrogen-bond donors (Lipinski definition) is 3. The molecule has 0 aliphatic carbocycles. The number of para-hydroxylation sites is 1. The van der Waals surface area contributed by atoms with Gasteiger partial charge < -0.3 is 20.5 Å². The van der Waals surface area contributed by atoms with Crippen LogP contribution < -0.4 is 10.6 Å². The number of piperidine rings is 1. The molecule has 0 bridgehead atoms. The zero-order chi connectivity index (χ0) is 21.6. The van der Waals surface area contributed by atoms with Crippen molar-refractivity contribution in [3.05, 3.63) is 64.3 Å². The number of amides is 2. The number of nitrogens with zero attached hydrogens (tertiary/aromatic N) is 1. The molecule has 4 rings (SSSR count). The Morgan fingerprint density at radius 1 is 1.10 bits per heavy atom. The van der Waals surface area contributed by atoms with E-state index in [-0.39, 0.29) is 6.03 Å². The van der Waals surface area contributed by atoms with E-state index in [9.17, 15) is 4.79 Å². The smallest absolute Gasteiger partial charge is 0.319 e. The number of aromatic amines is 1. The normalized spacial score (nSPS) is 15.3. The Kier molecular flexibility index (Phi) is 7.38. The van der Waals surface area contributed by atoms with E-state index in [0.717, 1.165) is 32.5 Å². The van der Waals surface area contributed by atoms with Gasteiger partial charge in [-0.3, -0.25) is 0 Å². The van der Waals surface area contributed by atoms with Gasteiger partial charge in [0.15, 0.2) is 0 Å². The van der Waals surface area contributed by atoms with Crippen LogP contribution in [0.15, 0.2) is 48.7 Å². The molecule has 2 amide bonds. The van der Waals surface area contributed by atoms with Gasteiger partial charge in [0.25, 0.3) is 0 Å². The first-order valence-corrected chi connectivity index (χ1v) is 11.6. The summed E-state index contributed by atoms with van der Waals surface area (Å²) in [7, 11) is 0. The van der Waals surface area contributed by atoms with E-state index < -0.39 is 0 Å². The number of carbonyl (C=O) groups is 1. The molecule has 31 heavy (non-hydrogen) atoms. The lowest BCUT2D eigenvalue weighted by atomic mass is 9.93. The molecule has 2 aromatic carbocycles. The van der Waals surface area contributed by atoms with Crippen molar-refractivity contribution in [1.29, 1.82) is 0 Å². The SMILES string of the molecule is O=C(NCCC1CCN(CCc2c[nH]c3ccccc23)CC1)Nc1ccc(Cl)c(Cl)c1. The molecule has 0 atom stereocenters. The Morgan fingerprint density at radius 2 is 1.90 bits per heavy atom. The topological polar surface area (TPSA) is 60.2 Å². The van der Waals surface area contributed by atoms with Crippen molar-refractivity contribution < 1.29 is 4.79 Å². The van der Waals surface area contributed by atoms with Crippen LogP contribution in [-0.2, 0) is 6.42 Å². The average molecular weight is 459 g/mol. The number of hydrogen-bond acceptors (Lipinski definition) is 2. The van der Waals surface area contributed by atoms with Gasteiger partial charge >= 0.3 is 6.03 Å². The molecule has 1 fully saturated rings. The van der Waals surface area contributed by atoms with Gasteiger partial charge in [0.05, 0.1) is 10.0 Å². The third-order valence-electron chi connectivity index (χ3n) is 6.10. The Labute approximate surface area is 193 Å². The lowest BCUT2D eigenvalue weighted by Crippen LogP contribution is -2.37. The molecule has 3 aromatic rings. The maximum atomic E-state index is 12.1. The molecule has 0 radical (unpaired) electrons. The molecular weight excluding hydrogens is 431 g/mol. The van der Waals surface area contributed by atoms with Gasteiger partial charge in [-0.2, -0.15) is 0 Å². The summed E-state index contributed by atoms with van der Waals surface area (Å²) in [5.74, 6) is 0.662. The van der Waals surface area contributed by atoms with Crippen LogP contribution in [0.4, 0.5) is 10.5 Å². The van der Waals surface area contributed by atoms with E-state index in [0.29, 0.717) is 28.2 Å². The Balaban J connectivity index is 1.13. The molecule has 1 aliphatic heterocycles. The van der Waals surface area contributed by atoms with E-state index in [1.165, 1.54) is 29.3 Å². The van der Waals surface area contributed by atoms with Crippen LogP contribution in [0, 0.1) is 5.92 Å². The van der Waals surface area contributed by atoms with E-state index in [1.54, 1.807) is 18.2 Å². The number of fused-ring (bicyclic) bond motifs is 1. The highest BCUT2D eigenvalue weighted by Gasteiger charge is 2.19. The molecule has 3 N–H and O–H groups in total. The number of likely N-dealkylation sites (tertiary alicyclic amines) is 1. The number of benzene rings is 2. The van der Waals surface area contributed by atoms with Crippen LogP contribution in [-0.4, -0.2) is 42.1 Å². The molecule has 164 valence electrons. The molecule has 1 aliphatic rings. The van der Waals surface area contributed by atoms with Gasteiger partial charge in [-0.1, -0.05) is 41.4 Å². The maximum Gasteiger partial charge on any atom is 0.319 e. The largest absolute Gasteiger partial charge is 0.361 e. The summed E-state index contributed by atoms with van der Waals surface area (Å²) in [6, 6.07) is 13.3. The lowest BCUT2D eigenvalue weighted by molar-refractivity contribution is 0.180. The molecule has 5 nitrogen and oxygen atoms in total. The number of rotatable bonds is 7. The van der Waals surface area contributed by atoms with E-state index in [1.807, 2.05) is 0 Å². The Hall–Kier alpha value is -2.21. The standard InChI is InChI=1S/C24H28Cl2N4O/c25-21-6-5-19(15-22(21)26)29-24(31)27-11-7-17-8-12-30(13-9-17)14-10-18-16-28-23-4-2-1-3-20(18)23/h1-6,15-17,28H,7-14H2,(H2,27,29,31). The molecule has 0 spiro atoms. The minimum atomic E-state index is -0.213. The average Bonchev–Trinajstić information content (AvgIpc) is 3.19. The Morgan fingerprint density at radius 3 is 2.71 bits per heavy atom. The van der Waals surface area contributed by atoms with Crippen LogP contribution in [0.25, 0.3) is 10.9 Å². The number of urea groups is 1. The number of anilines is 1.